The number of benzene rings is 2. The lowest BCUT2D eigenvalue weighted by molar-refractivity contribution is 0.627. The normalized spacial score (nSPS) is 10.5. The minimum Gasteiger partial charge on any atom is -0.366 e. The predicted molar refractivity (Wildman–Crippen MR) is 97.9 cm³/mol. The third-order valence-corrected chi connectivity index (χ3v) is 3.87. The topological polar surface area (TPSA) is 49.8 Å². The Bertz CT molecular complexity index is 819. The number of rotatable bonds is 5. The first kappa shape index (κ1) is 16.4. The number of hydrogen-bond acceptors (Lipinski definition) is 4. The van der Waals surface area contributed by atoms with Gasteiger partial charge in [0.25, 0.3) is 0 Å². The maximum atomic E-state index is 12.9. The molecule has 0 amide bonds. The van der Waals surface area contributed by atoms with Gasteiger partial charge in [0.2, 0.25) is 0 Å². The Morgan fingerprint density at radius 1 is 0.958 bits per heavy atom. The molecule has 2 N–H and O–H groups in total. The molecule has 0 radical (unpaired) electrons. The number of halogens is 2. The van der Waals surface area contributed by atoms with Crippen molar-refractivity contribution in [2.75, 3.05) is 10.6 Å². The standard InChI is InChI=1S/C18H16BrFN4/c1-12-22-17(21-11-13-2-6-15(20)7-3-13)10-18(23-12)24-16-8-4-14(19)5-9-16/h2-10H,11H2,1H3,(H2,21,22,23,24). The first-order valence-electron chi connectivity index (χ1n) is 7.45. The van der Waals surface area contributed by atoms with Crippen LogP contribution < -0.4 is 10.6 Å². The van der Waals surface area contributed by atoms with Gasteiger partial charge in [-0.25, -0.2) is 14.4 Å². The van der Waals surface area contributed by atoms with Crippen molar-refractivity contribution in [3.63, 3.8) is 0 Å². The van der Waals surface area contributed by atoms with Crippen molar-refractivity contribution in [1.29, 1.82) is 0 Å². The van der Waals surface area contributed by atoms with E-state index < -0.39 is 0 Å². The molecule has 2 aromatic carbocycles. The number of aryl methyl sites for hydroxylation is 1. The molecule has 1 aromatic heterocycles. The number of nitrogens with one attached hydrogen (secondary N) is 2. The van der Waals surface area contributed by atoms with Gasteiger partial charge in [0.15, 0.2) is 0 Å². The van der Waals surface area contributed by atoms with Crippen molar-refractivity contribution < 1.29 is 4.39 Å². The largest absolute Gasteiger partial charge is 0.366 e. The highest BCUT2D eigenvalue weighted by atomic mass is 79.9. The first-order chi connectivity index (χ1) is 11.6. The molecule has 24 heavy (non-hydrogen) atoms. The van der Waals surface area contributed by atoms with Crippen LogP contribution in [-0.4, -0.2) is 9.97 Å². The molecule has 0 atom stereocenters. The van der Waals surface area contributed by atoms with Crippen molar-refractivity contribution in [2.24, 2.45) is 0 Å². The van der Waals surface area contributed by atoms with Crippen LogP contribution in [0.5, 0.6) is 0 Å². The van der Waals surface area contributed by atoms with E-state index in [4.69, 9.17) is 0 Å². The molecule has 0 saturated heterocycles. The summed E-state index contributed by atoms with van der Waals surface area (Å²) >= 11 is 3.41. The molecule has 3 rings (SSSR count). The van der Waals surface area contributed by atoms with Crippen molar-refractivity contribution in [2.45, 2.75) is 13.5 Å². The summed E-state index contributed by atoms with van der Waals surface area (Å²) in [6.45, 7) is 2.41. The molecule has 0 unspecified atom stereocenters. The lowest BCUT2D eigenvalue weighted by Crippen LogP contribution is -2.05. The first-order valence-corrected chi connectivity index (χ1v) is 8.24. The fourth-order valence-electron chi connectivity index (χ4n) is 2.20. The van der Waals surface area contributed by atoms with Crippen LogP contribution in [0.25, 0.3) is 0 Å². The monoisotopic (exact) mass is 386 g/mol. The highest BCUT2D eigenvalue weighted by molar-refractivity contribution is 9.10. The molecule has 6 heteroatoms. The second-order valence-corrected chi connectivity index (χ2v) is 6.21. The van der Waals surface area contributed by atoms with Gasteiger partial charge in [0.1, 0.15) is 23.3 Å². The molecule has 122 valence electrons. The zero-order chi connectivity index (χ0) is 16.9. The summed E-state index contributed by atoms with van der Waals surface area (Å²) in [5, 5.41) is 6.49. The summed E-state index contributed by atoms with van der Waals surface area (Å²) < 4.78 is 14.0. The van der Waals surface area contributed by atoms with Gasteiger partial charge < -0.3 is 10.6 Å². The van der Waals surface area contributed by atoms with E-state index >= 15 is 0 Å². The summed E-state index contributed by atoms with van der Waals surface area (Å²) in [4.78, 5) is 8.77. The second kappa shape index (κ2) is 7.40. The number of hydrogen-bond donors (Lipinski definition) is 2. The highest BCUT2D eigenvalue weighted by Gasteiger charge is 2.03. The summed E-state index contributed by atoms with van der Waals surface area (Å²) in [5.41, 5.74) is 1.93. The smallest absolute Gasteiger partial charge is 0.136 e. The van der Waals surface area contributed by atoms with Crippen LogP contribution in [0.3, 0.4) is 0 Å². The molecule has 0 bridgehead atoms. The Morgan fingerprint density at radius 3 is 2.33 bits per heavy atom. The average Bonchev–Trinajstić information content (AvgIpc) is 2.56. The van der Waals surface area contributed by atoms with E-state index in [0.717, 1.165) is 15.7 Å². The van der Waals surface area contributed by atoms with E-state index in [0.29, 0.717) is 24.0 Å². The van der Waals surface area contributed by atoms with Gasteiger partial charge in [-0.2, -0.15) is 0 Å². The quantitative estimate of drug-likeness (QED) is 0.644. The molecule has 3 aromatic rings. The van der Waals surface area contributed by atoms with E-state index in [9.17, 15) is 4.39 Å². The van der Waals surface area contributed by atoms with E-state index in [1.54, 1.807) is 12.1 Å². The van der Waals surface area contributed by atoms with Crippen molar-refractivity contribution >= 4 is 33.3 Å². The van der Waals surface area contributed by atoms with Crippen molar-refractivity contribution in [3.8, 4) is 0 Å². The molecule has 0 saturated carbocycles. The van der Waals surface area contributed by atoms with Crippen LogP contribution in [0, 0.1) is 12.7 Å². The van der Waals surface area contributed by atoms with Gasteiger partial charge in [-0.1, -0.05) is 28.1 Å². The SMILES string of the molecule is Cc1nc(NCc2ccc(F)cc2)cc(Nc2ccc(Br)cc2)n1. The Labute approximate surface area is 148 Å². The highest BCUT2D eigenvalue weighted by Crippen LogP contribution is 2.20. The van der Waals surface area contributed by atoms with E-state index in [-0.39, 0.29) is 5.82 Å². The number of aromatic nitrogens is 2. The van der Waals surface area contributed by atoms with Crippen LogP contribution in [0.1, 0.15) is 11.4 Å². The fourth-order valence-corrected chi connectivity index (χ4v) is 2.46. The lowest BCUT2D eigenvalue weighted by atomic mass is 10.2. The van der Waals surface area contributed by atoms with Crippen molar-refractivity contribution in [3.05, 3.63) is 76.3 Å². The maximum absolute atomic E-state index is 12.9. The van der Waals surface area contributed by atoms with Crippen LogP contribution in [0.4, 0.5) is 21.7 Å². The zero-order valence-electron chi connectivity index (χ0n) is 13.1. The third kappa shape index (κ3) is 4.52. The van der Waals surface area contributed by atoms with Crippen molar-refractivity contribution in [1.82, 2.24) is 9.97 Å². The van der Waals surface area contributed by atoms with Crippen LogP contribution >= 0.6 is 15.9 Å². The Morgan fingerprint density at radius 2 is 1.62 bits per heavy atom. The Hall–Kier alpha value is -2.47. The predicted octanol–water partition coefficient (Wildman–Crippen LogP) is 5.04. The summed E-state index contributed by atoms with van der Waals surface area (Å²) in [6, 6.07) is 16.1. The van der Waals surface area contributed by atoms with E-state index in [1.807, 2.05) is 37.3 Å². The molecule has 1 heterocycles. The minimum absolute atomic E-state index is 0.238. The van der Waals surface area contributed by atoms with E-state index in [2.05, 4.69) is 36.5 Å². The van der Waals surface area contributed by atoms with Gasteiger partial charge in [0.05, 0.1) is 0 Å². The lowest BCUT2D eigenvalue weighted by Gasteiger charge is -2.10. The van der Waals surface area contributed by atoms with Gasteiger partial charge in [-0.05, 0) is 48.9 Å². The van der Waals surface area contributed by atoms with Crippen LogP contribution in [-0.2, 0) is 6.54 Å². The molecule has 0 fully saturated rings. The molecule has 4 nitrogen and oxygen atoms in total. The van der Waals surface area contributed by atoms with E-state index in [1.165, 1.54) is 12.1 Å². The summed E-state index contributed by atoms with van der Waals surface area (Å²) in [7, 11) is 0. The Balaban J connectivity index is 1.71. The molecule has 0 aliphatic carbocycles. The number of anilines is 3. The summed E-state index contributed by atoms with van der Waals surface area (Å²) in [6.07, 6.45) is 0. The zero-order valence-corrected chi connectivity index (χ0v) is 14.6. The molecule has 0 aliphatic heterocycles. The summed E-state index contributed by atoms with van der Waals surface area (Å²) in [5.74, 6) is 1.86. The molecular formula is C18H16BrFN4. The van der Waals surface area contributed by atoms with Gasteiger partial charge in [0, 0.05) is 22.8 Å². The molecule has 0 aliphatic rings. The Kier molecular flexibility index (Phi) is 5.05. The average molecular weight is 387 g/mol. The fraction of sp³-hybridized carbons (Fsp3) is 0.111. The van der Waals surface area contributed by atoms with Gasteiger partial charge >= 0.3 is 0 Å². The van der Waals surface area contributed by atoms with Crippen LogP contribution in [0.2, 0.25) is 0 Å². The second-order valence-electron chi connectivity index (χ2n) is 5.30. The third-order valence-electron chi connectivity index (χ3n) is 3.34. The molecular weight excluding hydrogens is 371 g/mol. The van der Waals surface area contributed by atoms with Crippen LogP contribution in [0.15, 0.2) is 59.1 Å². The van der Waals surface area contributed by atoms with Gasteiger partial charge in [-0.15, -0.1) is 0 Å². The minimum atomic E-state index is -0.238. The number of nitrogens with zero attached hydrogens (tertiary/aromatic N) is 2. The maximum Gasteiger partial charge on any atom is 0.136 e. The van der Waals surface area contributed by atoms with Gasteiger partial charge in [-0.3, -0.25) is 0 Å². The molecule has 0 spiro atoms.